The van der Waals surface area contributed by atoms with Gasteiger partial charge in [0.25, 0.3) is 0 Å². The van der Waals surface area contributed by atoms with Crippen LogP contribution in [0.2, 0.25) is 0 Å². The Labute approximate surface area is 121 Å². The van der Waals surface area contributed by atoms with Gasteiger partial charge in [-0.3, -0.25) is 0 Å². The van der Waals surface area contributed by atoms with E-state index in [-0.39, 0.29) is 122 Å². The molecule has 13 heavy (non-hydrogen) atoms. The summed E-state index contributed by atoms with van der Waals surface area (Å²) >= 11 is 0. The van der Waals surface area contributed by atoms with Crippen LogP contribution in [-0.4, -0.2) is 122 Å². The van der Waals surface area contributed by atoms with Crippen LogP contribution in [0, 0.1) is 0 Å². The maximum atomic E-state index is 0. The normalized spacial score (nSPS) is 0. The molecule has 10 N–H and O–H groups in total. The molecule has 0 saturated carbocycles. The molecule has 0 spiro atoms. The van der Waals surface area contributed by atoms with Crippen molar-refractivity contribution in [2.45, 2.75) is 0 Å². The average molecular weight is 431 g/mol. The second kappa shape index (κ2) is 697. The van der Waals surface area contributed by atoms with Crippen LogP contribution in [-0.2, 0) is 0 Å². The van der Waals surface area contributed by atoms with Gasteiger partial charge in [0, 0.05) is 17.4 Å². The summed E-state index contributed by atoms with van der Waals surface area (Å²) < 4.78 is 0. The van der Waals surface area contributed by atoms with Gasteiger partial charge in [0.15, 0.2) is 0 Å². The molecule has 0 amide bonds. The molecular weight excluding hydrogens is 421 g/mol. The third-order valence-electron chi connectivity index (χ3n) is 0. The van der Waals surface area contributed by atoms with Gasteiger partial charge >= 0.3 is 49.8 Å². The minimum atomic E-state index is 0. The molecule has 0 aromatic heterocycles. The summed E-state index contributed by atoms with van der Waals surface area (Å²) in [6, 6.07) is 0. The average Bonchev–Trinajstić information content (AvgIpc) is 0. The van der Waals surface area contributed by atoms with E-state index in [4.69, 9.17) is 0 Å². The molecule has 0 heterocycles. The smallest absolute Gasteiger partial charge is 0.870 e. The Morgan fingerprint density at radius 2 is 0.308 bits per heavy atom. The third-order valence-corrected chi connectivity index (χ3v) is 0. The molecule has 0 saturated heterocycles. The van der Waals surface area contributed by atoms with E-state index < -0.39 is 0 Å². The monoisotopic (exact) mass is 432 g/mol. The molecule has 0 atom stereocenters. The zero-order valence-corrected chi connectivity index (χ0v) is 13.4. The van der Waals surface area contributed by atoms with E-state index in [1.807, 2.05) is 0 Å². The van der Waals surface area contributed by atoms with Gasteiger partial charge in [-0.05, 0) is 0 Å². The van der Waals surface area contributed by atoms with Gasteiger partial charge in [0.1, 0.15) is 0 Å². The van der Waals surface area contributed by atoms with Crippen molar-refractivity contribution in [3.8, 4) is 0 Å². The van der Waals surface area contributed by atoms with Crippen LogP contribution in [0.1, 0.15) is 0 Å². The Morgan fingerprint density at radius 1 is 0.308 bits per heavy atom. The Kier molecular flexibility index (Phi) is 46600. The minimum Gasteiger partial charge on any atom is -0.870 e. The molecule has 0 unspecified atom stereocenters. The SMILES string of the molecule is [Al].[In+3].[OH-].[OH-].[OH-].[OH-].[OH-].[OH-].[OH-].[OH-].[OH-].[OH-].[Sn+4]. The number of hydrogen-bond donors (Lipinski definition) is 0. The van der Waals surface area contributed by atoms with Crippen LogP contribution >= 0.6 is 0 Å². The predicted molar refractivity (Wildman–Crippen MR) is 36.6 cm³/mol. The minimum absolute atomic E-state index is 0. The molecule has 3 radical (unpaired) electrons. The van der Waals surface area contributed by atoms with Crippen molar-refractivity contribution in [3.63, 3.8) is 0 Å². The molecule has 10 nitrogen and oxygen atoms in total. The van der Waals surface area contributed by atoms with E-state index in [0.717, 1.165) is 0 Å². The summed E-state index contributed by atoms with van der Waals surface area (Å²) in [7, 11) is 0. The van der Waals surface area contributed by atoms with Crippen molar-refractivity contribution in [3.05, 3.63) is 0 Å². The molecule has 83 valence electrons. The summed E-state index contributed by atoms with van der Waals surface area (Å²) in [4.78, 5) is 0. The topological polar surface area (TPSA) is 300 Å². The second-order valence-electron chi connectivity index (χ2n) is 0. The van der Waals surface area contributed by atoms with Crippen LogP contribution < -0.4 is 0 Å². The fraction of sp³-hybridized carbons (Fsp3) is 0. The Morgan fingerprint density at radius 3 is 0.308 bits per heavy atom. The van der Waals surface area contributed by atoms with Crippen molar-refractivity contribution in [2.24, 2.45) is 0 Å². The first-order valence-electron chi connectivity index (χ1n) is 0. The predicted octanol–water partition coefficient (Wildman–Crippen LogP) is -2.91. The van der Waals surface area contributed by atoms with Crippen LogP contribution in [0.3, 0.4) is 0 Å². The first-order chi connectivity index (χ1) is 0. The van der Waals surface area contributed by atoms with E-state index in [0.29, 0.717) is 0 Å². The molecule has 13 heteroatoms. The summed E-state index contributed by atoms with van der Waals surface area (Å²) in [6.07, 6.45) is 0. The van der Waals surface area contributed by atoms with Gasteiger partial charge in [-0.15, -0.1) is 0 Å². The number of rotatable bonds is 0. The van der Waals surface area contributed by atoms with Crippen molar-refractivity contribution in [2.75, 3.05) is 0 Å². The van der Waals surface area contributed by atoms with Crippen LogP contribution in [0.5, 0.6) is 0 Å². The largest absolute Gasteiger partial charge is 4.00 e. The van der Waals surface area contributed by atoms with E-state index in [9.17, 15) is 0 Å². The Hall–Kier alpha value is 1.80. The maximum Gasteiger partial charge on any atom is 4.00 e. The van der Waals surface area contributed by atoms with Crippen molar-refractivity contribution in [1.82, 2.24) is 0 Å². The van der Waals surface area contributed by atoms with Crippen LogP contribution in [0.4, 0.5) is 0 Å². The maximum absolute atomic E-state index is 0. The molecule has 0 bridgehead atoms. The zero-order chi connectivity index (χ0) is 0. The summed E-state index contributed by atoms with van der Waals surface area (Å²) in [5.74, 6) is 0. The molecule has 0 rings (SSSR count). The first-order valence-corrected chi connectivity index (χ1v) is 0. The molecule has 0 fully saturated rings. The van der Waals surface area contributed by atoms with E-state index >= 15 is 0 Å². The van der Waals surface area contributed by atoms with Crippen LogP contribution in [0.25, 0.3) is 0 Å². The van der Waals surface area contributed by atoms with Gasteiger partial charge in [-0.1, -0.05) is 0 Å². The fourth-order valence-electron chi connectivity index (χ4n) is 0. The van der Waals surface area contributed by atoms with Gasteiger partial charge in [0.2, 0.25) is 0 Å². The van der Waals surface area contributed by atoms with Crippen molar-refractivity contribution < 1.29 is 54.8 Å². The number of hydrogen-bond acceptors (Lipinski definition) is 10. The Balaban J connectivity index is 0. The quantitative estimate of drug-likeness (QED) is 0.352. The zero-order valence-electron chi connectivity index (χ0n) is 6.13. The fourth-order valence-corrected chi connectivity index (χ4v) is 0. The van der Waals surface area contributed by atoms with E-state index in [1.54, 1.807) is 0 Å². The molecule has 0 aliphatic heterocycles. The van der Waals surface area contributed by atoms with Crippen molar-refractivity contribution in [1.29, 1.82) is 0 Å². The standard InChI is InChI=1S/Al.In.10H2O.Sn/h;;10*1H2;/q;+3;;;;;;;;;;;+4/p-10. The van der Waals surface area contributed by atoms with Gasteiger partial charge < -0.3 is 54.8 Å². The van der Waals surface area contributed by atoms with Gasteiger partial charge in [-0.2, -0.15) is 0 Å². The van der Waals surface area contributed by atoms with Crippen LogP contribution in [0.15, 0.2) is 0 Å². The molecule has 0 aromatic rings. The molecular formula is H10AlInO10Sn-3. The Bertz CT molecular complexity index is 14.9. The second-order valence-corrected chi connectivity index (χ2v) is 0. The third kappa shape index (κ3) is 592. The summed E-state index contributed by atoms with van der Waals surface area (Å²) in [5, 5.41) is 0. The first kappa shape index (κ1) is 869. The molecule has 0 aliphatic rings. The molecule has 0 aliphatic carbocycles. The summed E-state index contributed by atoms with van der Waals surface area (Å²) in [5.41, 5.74) is 0. The molecule has 0 aromatic carbocycles. The van der Waals surface area contributed by atoms with E-state index in [2.05, 4.69) is 0 Å². The summed E-state index contributed by atoms with van der Waals surface area (Å²) in [6.45, 7) is 0. The van der Waals surface area contributed by atoms with Gasteiger partial charge in [-0.25, -0.2) is 0 Å². The van der Waals surface area contributed by atoms with Crippen molar-refractivity contribution >= 4 is 67.1 Å². The van der Waals surface area contributed by atoms with Gasteiger partial charge in [0.05, 0.1) is 0 Å². The van der Waals surface area contributed by atoms with E-state index in [1.165, 1.54) is 0 Å².